The van der Waals surface area contributed by atoms with Crippen molar-refractivity contribution in [1.82, 2.24) is 4.98 Å². The molecule has 0 saturated carbocycles. The van der Waals surface area contributed by atoms with Crippen LogP contribution in [0.4, 0.5) is 5.82 Å². The van der Waals surface area contributed by atoms with Gasteiger partial charge in [-0.2, -0.15) is 0 Å². The number of aryl methyl sites for hydroxylation is 1. The summed E-state index contributed by atoms with van der Waals surface area (Å²) >= 11 is 0. The highest BCUT2D eigenvalue weighted by atomic mass is 16.7. The van der Waals surface area contributed by atoms with E-state index in [1.54, 1.807) is 6.20 Å². The summed E-state index contributed by atoms with van der Waals surface area (Å²) in [5.74, 6) is 0.510. The number of pyridine rings is 1. The van der Waals surface area contributed by atoms with Crippen LogP contribution < -0.4 is 11.2 Å². The maximum Gasteiger partial charge on any atom is 0.496 e. The zero-order valence-electron chi connectivity index (χ0n) is 14.4. The second-order valence-corrected chi connectivity index (χ2v) is 7.16. The van der Waals surface area contributed by atoms with E-state index in [1.807, 2.05) is 45.9 Å². The van der Waals surface area contributed by atoms with Gasteiger partial charge < -0.3 is 15.0 Å². The number of anilines is 1. The van der Waals surface area contributed by atoms with Gasteiger partial charge in [-0.15, -0.1) is 0 Å². The first-order valence-electron chi connectivity index (χ1n) is 7.88. The lowest BCUT2D eigenvalue weighted by Gasteiger charge is -2.32. The van der Waals surface area contributed by atoms with Gasteiger partial charge >= 0.3 is 7.12 Å². The van der Waals surface area contributed by atoms with E-state index in [1.165, 1.54) is 5.56 Å². The lowest BCUT2D eigenvalue weighted by Crippen LogP contribution is -2.41. The van der Waals surface area contributed by atoms with Gasteiger partial charge in [-0.05, 0) is 46.2 Å². The smallest absolute Gasteiger partial charge is 0.399 e. The average molecular weight is 310 g/mol. The molecule has 0 amide bonds. The summed E-state index contributed by atoms with van der Waals surface area (Å²) in [6, 6.07) is 10.2. The lowest BCUT2D eigenvalue weighted by atomic mass is 9.79. The molecule has 0 bridgehead atoms. The van der Waals surface area contributed by atoms with Gasteiger partial charge in [0.15, 0.2) is 0 Å². The van der Waals surface area contributed by atoms with Crippen LogP contribution in [0.25, 0.3) is 11.1 Å². The molecule has 0 spiro atoms. The van der Waals surface area contributed by atoms with Crippen molar-refractivity contribution in [3.63, 3.8) is 0 Å². The van der Waals surface area contributed by atoms with Crippen LogP contribution in [0, 0.1) is 6.92 Å². The minimum Gasteiger partial charge on any atom is -0.399 e. The summed E-state index contributed by atoms with van der Waals surface area (Å²) in [4.78, 5) is 4.34. The standard InChI is InChI=1S/C18H23BN2O2/c1-12-7-6-8-13(9-12)15-10-14(11-21-16(15)20)19-22-17(2,3)18(4,5)23-19/h6-11H,1-5H3,(H2,20,21). The molecule has 1 aliphatic heterocycles. The summed E-state index contributed by atoms with van der Waals surface area (Å²) in [6.07, 6.45) is 1.73. The lowest BCUT2D eigenvalue weighted by molar-refractivity contribution is 0.00578. The van der Waals surface area contributed by atoms with Crippen LogP contribution in [0.15, 0.2) is 36.5 Å². The Morgan fingerprint density at radius 2 is 1.70 bits per heavy atom. The highest BCUT2D eigenvalue weighted by Gasteiger charge is 2.51. The first kappa shape index (κ1) is 16.0. The van der Waals surface area contributed by atoms with Gasteiger partial charge in [-0.1, -0.05) is 29.8 Å². The molecular weight excluding hydrogens is 287 g/mol. The Hall–Kier alpha value is -1.85. The molecule has 2 heterocycles. The SMILES string of the molecule is Cc1cccc(-c2cc(B3OC(C)(C)C(C)(C)O3)cnc2N)c1. The summed E-state index contributed by atoms with van der Waals surface area (Å²) in [5, 5.41) is 0. The first-order valence-corrected chi connectivity index (χ1v) is 7.88. The Morgan fingerprint density at radius 3 is 2.30 bits per heavy atom. The van der Waals surface area contributed by atoms with Gasteiger partial charge in [0.1, 0.15) is 5.82 Å². The molecule has 1 aromatic carbocycles. The van der Waals surface area contributed by atoms with E-state index in [-0.39, 0.29) is 11.2 Å². The fourth-order valence-electron chi connectivity index (χ4n) is 2.64. The average Bonchev–Trinajstić information content (AvgIpc) is 2.68. The predicted octanol–water partition coefficient (Wildman–Crippen LogP) is 2.94. The molecule has 2 N–H and O–H groups in total. The molecule has 4 nitrogen and oxygen atoms in total. The van der Waals surface area contributed by atoms with E-state index in [0.717, 1.165) is 16.6 Å². The van der Waals surface area contributed by atoms with Crippen molar-refractivity contribution in [2.45, 2.75) is 45.8 Å². The molecular formula is C18H23BN2O2. The number of benzene rings is 1. The van der Waals surface area contributed by atoms with E-state index >= 15 is 0 Å². The molecule has 5 heteroatoms. The summed E-state index contributed by atoms with van der Waals surface area (Å²) in [5.41, 5.74) is 9.36. The molecule has 0 aliphatic carbocycles. The molecule has 1 aliphatic rings. The monoisotopic (exact) mass is 310 g/mol. The Kier molecular flexibility index (Phi) is 3.73. The van der Waals surface area contributed by atoms with Gasteiger partial charge in [0.05, 0.1) is 11.2 Å². The number of hydrogen-bond acceptors (Lipinski definition) is 4. The normalized spacial score (nSPS) is 19.1. The molecule has 1 saturated heterocycles. The van der Waals surface area contributed by atoms with Crippen molar-refractivity contribution in [2.75, 3.05) is 5.73 Å². The molecule has 2 aromatic rings. The van der Waals surface area contributed by atoms with Crippen LogP contribution in [-0.2, 0) is 9.31 Å². The highest BCUT2D eigenvalue weighted by molar-refractivity contribution is 6.62. The van der Waals surface area contributed by atoms with Gasteiger partial charge in [0.25, 0.3) is 0 Å². The number of nitrogen functional groups attached to an aromatic ring is 1. The molecule has 120 valence electrons. The van der Waals surface area contributed by atoms with Crippen LogP contribution in [-0.4, -0.2) is 23.3 Å². The molecule has 3 rings (SSSR count). The van der Waals surface area contributed by atoms with Gasteiger partial charge in [0, 0.05) is 17.2 Å². The minimum absolute atomic E-state index is 0.372. The summed E-state index contributed by atoms with van der Waals surface area (Å²) < 4.78 is 12.2. The van der Waals surface area contributed by atoms with Crippen molar-refractivity contribution in [3.8, 4) is 11.1 Å². The number of rotatable bonds is 2. The molecule has 1 fully saturated rings. The second-order valence-electron chi connectivity index (χ2n) is 7.16. The Bertz CT molecular complexity index is 728. The topological polar surface area (TPSA) is 57.4 Å². The Balaban J connectivity index is 1.99. The zero-order chi connectivity index (χ0) is 16.8. The minimum atomic E-state index is -0.434. The Labute approximate surface area is 138 Å². The summed E-state index contributed by atoms with van der Waals surface area (Å²) in [6.45, 7) is 10.2. The van der Waals surface area contributed by atoms with E-state index in [4.69, 9.17) is 15.0 Å². The van der Waals surface area contributed by atoms with Crippen molar-refractivity contribution >= 4 is 18.4 Å². The number of hydrogen-bond donors (Lipinski definition) is 1. The van der Waals surface area contributed by atoms with E-state index < -0.39 is 7.12 Å². The number of nitrogens with zero attached hydrogens (tertiary/aromatic N) is 1. The fourth-order valence-corrected chi connectivity index (χ4v) is 2.64. The molecule has 23 heavy (non-hydrogen) atoms. The first-order chi connectivity index (χ1) is 10.7. The maximum absolute atomic E-state index is 6.10. The second kappa shape index (κ2) is 5.36. The molecule has 0 atom stereocenters. The zero-order valence-corrected chi connectivity index (χ0v) is 14.4. The van der Waals surface area contributed by atoms with Gasteiger partial charge in [0.2, 0.25) is 0 Å². The van der Waals surface area contributed by atoms with Crippen LogP contribution >= 0.6 is 0 Å². The van der Waals surface area contributed by atoms with Gasteiger partial charge in [-0.25, -0.2) is 4.98 Å². The van der Waals surface area contributed by atoms with Crippen molar-refractivity contribution in [1.29, 1.82) is 0 Å². The van der Waals surface area contributed by atoms with E-state index in [2.05, 4.69) is 24.0 Å². The van der Waals surface area contributed by atoms with E-state index in [9.17, 15) is 0 Å². The van der Waals surface area contributed by atoms with Gasteiger partial charge in [-0.3, -0.25) is 0 Å². The van der Waals surface area contributed by atoms with Crippen LogP contribution in [0.5, 0.6) is 0 Å². The fraction of sp³-hybridized carbons (Fsp3) is 0.389. The predicted molar refractivity (Wildman–Crippen MR) is 94.5 cm³/mol. The van der Waals surface area contributed by atoms with Crippen molar-refractivity contribution < 1.29 is 9.31 Å². The van der Waals surface area contributed by atoms with Crippen LogP contribution in [0.3, 0.4) is 0 Å². The molecule has 1 aromatic heterocycles. The quantitative estimate of drug-likeness (QED) is 0.867. The number of aromatic nitrogens is 1. The maximum atomic E-state index is 6.10. The summed E-state index contributed by atoms with van der Waals surface area (Å²) in [7, 11) is -0.434. The van der Waals surface area contributed by atoms with E-state index in [0.29, 0.717) is 5.82 Å². The Morgan fingerprint density at radius 1 is 1.04 bits per heavy atom. The van der Waals surface area contributed by atoms with Crippen molar-refractivity contribution in [3.05, 3.63) is 42.1 Å². The molecule has 0 radical (unpaired) electrons. The third-order valence-electron chi connectivity index (χ3n) is 4.79. The largest absolute Gasteiger partial charge is 0.496 e. The third-order valence-corrected chi connectivity index (χ3v) is 4.79. The van der Waals surface area contributed by atoms with Crippen LogP contribution in [0.2, 0.25) is 0 Å². The third kappa shape index (κ3) is 2.86. The molecule has 0 unspecified atom stereocenters. The van der Waals surface area contributed by atoms with Crippen molar-refractivity contribution in [2.24, 2.45) is 0 Å². The highest BCUT2D eigenvalue weighted by Crippen LogP contribution is 2.36. The number of nitrogens with two attached hydrogens (primary N) is 1. The van der Waals surface area contributed by atoms with Crippen LogP contribution in [0.1, 0.15) is 33.3 Å².